The van der Waals surface area contributed by atoms with Crippen molar-refractivity contribution < 1.29 is 4.79 Å². The fraction of sp³-hybridized carbons (Fsp3) is 0.647. The van der Waals surface area contributed by atoms with Crippen molar-refractivity contribution in [1.29, 1.82) is 0 Å². The van der Waals surface area contributed by atoms with Gasteiger partial charge in [0.1, 0.15) is 4.83 Å². The molecular weight excluding hydrogens is 294 g/mol. The average Bonchev–Trinajstić information content (AvgIpc) is 3.23. The molecule has 4 atom stereocenters. The van der Waals surface area contributed by atoms with Gasteiger partial charge in [-0.1, -0.05) is 6.42 Å². The number of hydrogen-bond donors (Lipinski definition) is 1. The van der Waals surface area contributed by atoms with Gasteiger partial charge in [0.15, 0.2) is 0 Å². The zero-order valence-corrected chi connectivity index (χ0v) is 14.2. The molecule has 1 amide bonds. The average molecular weight is 317 g/mol. The van der Waals surface area contributed by atoms with E-state index in [1.807, 2.05) is 24.7 Å². The Balaban J connectivity index is 1.50. The number of aryl methyl sites for hydroxylation is 2. The second-order valence-corrected chi connectivity index (χ2v) is 8.17. The van der Waals surface area contributed by atoms with E-state index in [0.29, 0.717) is 5.92 Å². The van der Waals surface area contributed by atoms with Gasteiger partial charge in [-0.05, 0) is 56.9 Å². The zero-order valence-electron chi connectivity index (χ0n) is 13.4. The maximum absolute atomic E-state index is 12.6. The molecule has 0 spiro atoms. The molecule has 2 bridgehead atoms. The molecule has 0 aromatic carbocycles. The molecule has 2 fully saturated rings. The van der Waals surface area contributed by atoms with E-state index in [9.17, 15) is 4.79 Å². The zero-order chi connectivity index (χ0) is 15.4. The second kappa shape index (κ2) is 5.08. The molecule has 5 heteroatoms. The van der Waals surface area contributed by atoms with Crippen LogP contribution in [0.2, 0.25) is 0 Å². The van der Waals surface area contributed by atoms with E-state index < -0.39 is 0 Å². The molecule has 0 unspecified atom stereocenters. The predicted molar refractivity (Wildman–Crippen MR) is 89.2 cm³/mol. The fourth-order valence-corrected chi connectivity index (χ4v) is 5.63. The Morgan fingerprint density at radius 3 is 2.91 bits per heavy atom. The van der Waals surface area contributed by atoms with Crippen molar-refractivity contribution in [2.45, 2.75) is 45.6 Å². The number of aromatic nitrogens is 2. The van der Waals surface area contributed by atoms with Crippen LogP contribution in [0, 0.1) is 24.7 Å². The summed E-state index contributed by atoms with van der Waals surface area (Å²) in [5.74, 6) is 2.53. The number of thiophene rings is 1. The van der Waals surface area contributed by atoms with E-state index in [1.165, 1.54) is 25.7 Å². The molecule has 2 aromatic rings. The number of carbonyl (C=O) groups excluding carboxylic acids is 1. The van der Waals surface area contributed by atoms with Crippen molar-refractivity contribution in [2.75, 3.05) is 0 Å². The van der Waals surface area contributed by atoms with Crippen molar-refractivity contribution in [1.82, 2.24) is 15.1 Å². The van der Waals surface area contributed by atoms with Crippen LogP contribution in [0.1, 0.15) is 48.0 Å². The fourth-order valence-electron chi connectivity index (χ4n) is 4.61. The third-order valence-electron chi connectivity index (χ3n) is 5.71. The minimum Gasteiger partial charge on any atom is -0.349 e. The Morgan fingerprint density at radius 1 is 1.45 bits per heavy atom. The maximum atomic E-state index is 12.6. The number of rotatable bonds is 3. The largest absolute Gasteiger partial charge is 0.349 e. The van der Waals surface area contributed by atoms with E-state index >= 15 is 0 Å². The van der Waals surface area contributed by atoms with Gasteiger partial charge in [-0.15, -0.1) is 11.3 Å². The van der Waals surface area contributed by atoms with Gasteiger partial charge in [-0.2, -0.15) is 5.10 Å². The number of hydrogen-bond acceptors (Lipinski definition) is 3. The summed E-state index contributed by atoms with van der Waals surface area (Å²) in [6.07, 6.45) is 5.47. The molecule has 2 heterocycles. The Kier molecular flexibility index (Phi) is 3.29. The molecule has 2 aromatic heterocycles. The molecule has 0 saturated heterocycles. The number of nitrogens with one attached hydrogen (secondary N) is 1. The van der Waals surface area contributed by atoms with Gasteiger partial charge in [0.2, 0.25) is 0 Å². The van der Waals surface area contributed by atoms with Crippen LogP contribution in [0.15, 0.2) is 6.07 Å². The van der Waals surface area contributed by atoms with Gasteiger partial charge in [-0.3, -0.25) is 9.48 Å². The predicted octanol–water partition coefficient (Wildman–Crippen LogP) is 3.50. The topological polar surface area (TPSA) is 46.9 Å². The highest BCUT2D eigenvalue weighted by molar-refractivity contribution is 7.20. The van der Waals surface area contributed by atoms with E-state index in [2.05, 4.69) is 17.3 Å². The number of carbonyl (C=O) groups is 1. The Labute approximate surface area is 134 Å². The highest BCUT2D eigenvalue weighted by atomic mass is 32.1. The van der Waals surface area contributed by atoms with Crippen LogP contribution < -0.4 is 5.32 Å². The SMILES string of the molecule is Cc1nn(C)c2sc(C(=O)N[C@@H](C)[C@H]3C[C@H]4CC[C@H]3C4)cc12. The first-order valence-electron chi connectivity index (χ1n) is 8.27. The normalized spacial score (nSPS) is 28.4. The molecule has 0 aliphatic heterocycles. The smallest absolute Gasteiger partial charge is 0.261 e. The lowest BCUT2D eigenvalue weighted by Crippen LogP contribution is -2.39. The monoisotopic (exact) mass is 317 g/mol. The van der Waals surface area contributed by atoms with E-state index in [1.54, 1.807) is 11.3 Å². The molecule has 0 radical (unpaired) electrons. The maximum Gasteiger partial charge on any atom is 0.261 e. The lowest BCUT2D eigenvalue weighted by molar-refractivity contribution is 0.0919. The molecular formula is C17H23N3OS. The van der Waals surface area contributed by atoms with Crippen molar-refractivity contribution >= 4 is 27.5 Å². The second-order valence-electron chi connectivity index (χ2n) is 7.14. The van der Waals surface area contributed by atoms with Crippen LogP contribution >= 0.6 is 11.3 Å². The van der Waals surface area contributed by atoms with Crippen LogP contribution in [0.3, 0.4) is 0 Å². The number of nitrogens with zero attached hydrogens (tertiary/aromatic N) is 2. The van der Waals surface area contributed by atoms with Gasteiger partial charge < -0.3 is 5.32 Å². The summed E-state index contributed by atoms with van der Waals surface area (Å²) in [5, 5.41) is 8.75. The molecule has 2 aliphatic rings. The van der Waals surface area contributed by atoms with Gasteiger partial charge in [0, 0.05) is 18.5 Å². The Bertz CT molecular complexity index is 697. The summed E-state index contributed by atoms with van der Waals surface area (Å²) < 4.78 is 1.87. The molecule has 4 rings (SSSR count). The summed E-state index contributed by atoms with van der Waals surface area (Å²) in [6.45, 7) is 4.18. The summed E-state index contributed by atoms with van der Waals surface area (Å²) in [4.78, 5) is 14.5. The van der Waals surface area contributed by atoms with Crippen molar-refractivity contribution in [3.05, 3.63) is 16.6 Å². The summed E-state index contributed by atoms with van der Waals surface area (Å²) in [7, 11) is 1.94. The van der Waals surface area contributed by atoms with Crippen LogP contribution in [0.25, 0.3) is 10.2 Å². The van der Waals surface area contributed by atoms with E-state index in [-0.39, 0.29) is 11.9 Å². The number of fused-ring (bicyclic) bond motifs is 3. The summed E-state index contributed by atoms with van der Waals surface area (Å²) in [6, 6.07) is 2.28. The first-order valence-corrected chi connectivity index (χ1v) is 9.08. The minimum absolute atomic E-state index is 0.0795. The molecule has 2 saturated carbocycles. The van der Waals surface area contributed by atoms with Gasteiger partial charge in [-0.25, -0.2) is 0 Å². The van der Waals surface area contributed by atoms with Crippen LogP contribution in [0.5, 0.6) is 0 Å². The number of amides is 1. The van der Waals surface area contributed by atoms with Gasteiger partial charge >= 0.3 is 0 Å². The first-order chi connectivity index (χ1) is 10.5. The molecule has 2 aliphatic carbocycles. The quantitative estimate of drug-likeness (QED) is 0.942. The molecule has 4 nitrogen and oxygen atoms in total. The van der Waals surface area contributed by atoms with Crippen LogP contribution in [-0.4, -0.2) is 21.7 Å². The highest BCUT2D eigenvalue weighted by Crippen LogP contribution is 2.49. The molecule has 1 N–H and O–H groups in total. The minimum atomic E-state index is 0.0795. The standard InChI is InChI=1S/C17H23N3OS/c1-9(13-7-11-4-5-12(13)6-11)18-16(21)15-8-14-10(2)19-20(3)17(14)22-15/h8-9,11-13H,4-7H2,1-3H3,(H,18,21)/t9-,11-,12-,13+/m0/s1. The third kappa shape index (κ3) is 2.18. The lowest BCUT2D eigenvalue weighted by atomic mass is 9.84. The first kappa shape index (κ1) is 14.2. The lowest BCUT2D eigenvalue weighted by Gasteiger charge is -2.28. The van der Waals surface area contributed by atoms with E-state index in [0.717, 1.165) is 32.6 Å². The summed E-state index contributed by atoms with van der Waals surface area (Å²) >= 11 is 1.54. The Hall–Kier alpha value is -1.36. The summed E-state index contributed by atoms with van der Waals surface area (Å²) in [5.41, 5.74) is 0.994. The third-order valence-corrected chi connectivity index (χ3v) is 6.91. The van der Waals surface area contributed by atoms with E-state index in [4.69, 9.17) is 0 Å². The van der Waals surface area contributed by atoms with Crippen molar-refractivity contribution in [3.63, 3.8) is 0 Å². The Morgan fingerprint density at radius 2 is 2.27 bits per heavy atom. The van der Waals surface area contributed by atoms with Gasteiger partial charge in [0.05, 0.1) is 10.6 Å². The van der Waals surface area contributed by atoms with Crippen LogP contribution in [0.4, 0.5) is 0 Å². The highest BCUT2D eigenvalue weighted by Gasteiger charge is 2.42. The van der Waals surface area contributed by atoms with Crippen molar-refractivity contribution in [2.24, 2.45) is 24.8 Å². The molecule has 118 valence electrons. The van der Waals surface area contributed by atoms with Crippen molar-refractivity contribution in [3.8, 4) is 0 Å². The van der Waals surface area contributed by atoms with Gasteiger partial charge in [0.25, 0.3) is 5.91 Å². The van der Waals surface area contributed by atoms with Crippen LogP contribution in [-0.2, 0) is 7.05 Å². The molecule has 22 heavy (non-hydrogen) atoms.